The smallest absolute Gasteiger partial charge is 0.0415 e. The molecule has 0 spiro atoms. The summed E-state index contributed by atoms with van der Waals surface area (Å²) in [6, 6.07) is 34.6. The monoisotopic (exact) mass is 471 g/mol. The molecule has 5 aromatic rings. The van der Waals surface area contributed by atoms with Gasteiger partial charge in [0, 0.05) is 38.1 Å². The molecular weight excluding hydrogens is 442 g/mol. The van der Waals surface area contributed by atoms with Gasteiger partial charge in [-0.05, 0) is 65.6 Å². The van der Waals surface area contributed by atoms with Crippen molar-refractivity contribution >= 4 is 48.5 Å². The maximum absolute atomic E-state index is 4.45. The summed E-state index contributed by atoms with van der Waals surface area (Å²) in [7, 11) is 0. The van der Waals surface area contributed by atoms with Crippen LogP contribution in [0.1, 0.15) is 24.5 Å². The van der Waals surface area contributed by atoms with Crippen molar-refractivity contribution in [3.05, 3.63) is 139 Å². The molecule has 0 bridgehead atoms. The van der Waals surface area contributed by atoms with Gasteiger partial charge in [-0.3, -0.25) is 0 Å². The number of anilines is 2. The van der Waals surface area contributed by atoms with Gasteiger partial charge in [0.25, 0.3) is 0 Å². The van der Waals surface area contributed by atoms with E-state index in [-0.39, 0.29) is 0 Å². The highest BCUT2D eigenvalue weighted by molar-refractivity contribution is 7.25. The summed E-state index contributed by atoms with van der Waals surface area (Å²) in [6.45, 7) is 7.40. The Morgan fingerprint density at radius 2 is 1.37 bits per heavy atom. The van der Waals surface area contributed by atoms with Crippen molar-refractivity contribution in [2.75, 3.05) is 11.4 Å². The molecule has 0 saturated carbocycles. The molecule has 0 saturated heterocycles. The Hall–Kier alpha value is -3.88. The van der Waals surface area contributed by atoms with E-state index in [1.54, 1.807) is 0 Å². The zero-order chi connectivity index (χ0) is 24.0. The van der Waals surface area contributed by atoms with Gasteiger partial charge in [-0.15, -0.1) is 11.3 Å². The number of hydrogen-bond acceptors (Lipinski definition) is 2. The Bertz CT molecular complexity index is 1500. The lowest BCUT2D eigenvalue weighted by Gasteiger charge is -2.24. The number of nitrogens with zero attached hydrogens (tertiary/aromatic N) is 1. The molecule has 0 N–H and O–H groups in total. The molecule has 1 heterocycles. The molecule has 0 aliphatic carbocycles. The first-order valence-electron chi connectivity index (χ1n) is 12.1. The Morgan fingerprint density at radius 1 is 0.714 bits per heavy atom. The molecule has 172 valence electrons. The number of allylic oxidation sites excluding steroid dienone is 3. The SMILES string of the molecule is C=C(c1ccc(N(CC=CC=CCC)c2ccccc2)cc1)c1ccc2sc3ccccc3c2c1. The van der Waals surface area contributed by atoms with Gasteiger partial charge in [-0.25, -0.2) is 0 Å². The van der Waals surface area contributed by atoms with Crippen molar-refractivity contribution in [3.8, 4) is 0 Å². The number of fused-ring (bicyclic) bond motifs is 3. The van der Waals surface area contributed by atoms with Crippen LogP contribution in [0.3, 0.4) is 0 Å². The van der Waals surface area contributed by atoms with Crippen LogP contribution in [0.25, 0.3) is 25.7 Å². The zero-order valence-electron chi connectivity index (χ0n) is 20.0. The molecule has 4 aromatic carbocycles. The standard InChI is InChI=1S/C33H29NS/c1-3-4-5-6-12-23-34(28-13-8-7-9-14-28)29-20-17-26(18-21-29)25(2)27-19-22-33-31(24-27)30-15-10-11-16-32(30)35-33/h4-22,24H,2-3,23H2,1H3. The Labute approximate surface area is 212 Å². The molecule has 1 aromatic heterocycles. The molecule has 1 nitrogen and oxygen atoms in total. The quantitative estimate of drug-likeness (QED) is 0.204. The van der Waals surface area contributed by atoms with Gasteiger partial charge in [-0.2, -0.15) is 0 Å². The molecule has 0 atom stereocenters. The average molecular weight is 472 g/mol. The van der Waals surface area contributed by atoms with Gasteiger partial charge >= 0.3 is 0 Å². The molecule has 2 heteroatoms. The second-order valence-corrected chi connectivity index (χ2v) is 9.63. The summed E-state index contributed by atoms with van der Waals surface area (Å²) < 4.78 is 2.65. The lowest BCUT2D eigenvalue weighted by molar-refractivity contribution is 1.09. The minimum absolute atomic E-state index is 0.806. The van der Waals surface area contributed by atoms with E-state index >= 15 is 0 Å². The summed E-state index contributed by atoms with van der Waals surface area (Å²) in [5.74, 6) is 0. The molecule has 0 fully saturated rings. The van der Waals surface area contributed by atoms with Gasteiger partial charge in [0.15, 0.2) is 0 Å². The third-order valence-corrected chi connectivity index (χ3v) is 7.38. The highest BCUT2D eigenvalue weighted by atomic mass is 32.1. The lowest BCUT2D eigenvalue weighted by Crippen LogP contribution is -2.16. The van der Waals surface area contributed by atoms with Gasteiger partial charge < -0.3 is 4.90 Å². The number of thiophene rings is 1. The van der Waals surface area contributed by atoms with Gasteiger partial charge in [-0.1, -0.05) is 92.4 Å². The van der Waals surface area contributed by atoms with Crippen LogP contribution in [0.15, 0.2) is 128 Å². The van der Waals surface area contributed by atoms with E-state index in [0.717, 1.165) is 29.8 Å². The molecule has 0 aliphatic rings. The number of hydrogen-bond donors (Lipinski definition) is 0. The van der Waals surface area contributed by atoms with Gasteiger partial charge in [0.05, 0.1) is 0 Å². The van der Waals surface area contributed by atoms with Gasteiger partial charge in [0.1, 0.15) is 0 Å². The van der Waals surface area contributed by atoms with Crippen LogP contribution in [0.2, 0.25) is 0 Å². The Morgan fingerprint density at radius 3 is 2.17 bits per heavy atom. The van der Waals surface area contributed by atoms with Crippen LogP contribution in [0.4, 0.5) is 11.4 Å². The van der Waals surface area contributed by atoms with Crippen molar-refractivity contribution in [2.24, 2.45) is 0 Å². The predicted molar refractivity (Wildman–Crippen MR) is 156 cm³/mol. The van der Waals surface area contributed by atoms with Crippen LogP contribution < -0.4 is 4.90 Å². The van der Waals surface area contributed by atoms with Crippen LogP contribution >= 0.6 is 11.3 Å². The molecule has 0 radical (unpaired) electrons. The molecule has 35 heavy (non-hydrogen) atoms. The van der Waals surface area contributed by atoms with E-state index in [0.29, 0.717) is 0 Å². The first-order valence-corrected chi connectivity index (χ1v) is 12.9. The van der Waals surface area contributed by atoms with Crippen LogP contribution in [-0.2, 0) is 0 Å². The summed E-state index contributed by atoms with van der Waals surface area (Å²) in [6.07, 6.45) is 9.66. The van der Waals surface area contributed by atoms with Gasteiger partial charge in [0.2, 0.25) is 0 Å². The number of benzene rings is 4. The number of rotatable bonds is 8. The van der Waals surface area contributed by atoms with Crippen LogP contribution in [0, 0.1) is 0 Å². The molecule has 0 amide bonds. The fourth-order valence-electron chi connectivity index (χ4n) is 4.35. The summed E-state index contributed by atoms with van der Waals surface area (Å²) in [5.41, 5.74) is 5.69. The topological polar surface area (TPSA) is 3.24 Å². The van der Waals surface area contributed by atoms with Crippen molar-refractivity contribution in [2.45, 2.75) is 13.3 Å². The normalized spacial score (nSPS) is 11.7. The minimum atomic E-state index is 0.806. The third kappa shape index (κ3) is 4.99. The molecule has 5 rings (SSSR count). The van der Waals surface area contributed by atoms with Crippen molar-refractivity contribution in [3.63, 3.8) is 0 Å². The lowest BCUT2D eigenvalue weighted by atomic mass is 9.97. The van der Waals surface area contributed by atoms with Crippen LogP contribution in [0.5, 0.6) is 0 Å². The summed E-state index contributed by atoms with van der Waals surface area (Å²) >= 11 is 1.85. The third-order valence-electron chi connectivity index (χ3n) is 6.23. The predicted octanol–water partition coefficient (Wildman–Crippen LogP) is 9.78. The minimum Gasteiger partial charge on any atom is -0.338 e. The highest BCUT2D eigenvalue weighted by Crippen LogP contribution is 2.36. The van der Waals surface area contributed by atoms with E-state index in [9.17, 15) is 0 Å². The van der Waals surface area contributed by atoms with Crippen molar-refractivity contribution < 1.29 is 0 Å². The van der Waals surface area contributed by atoms with E-state index in [4.69, 9.17) is 0 Å². The van der Waals surface area contributed by atoms with Crippen molar-refractivity contribution in [1.82, 2.24) is 0 Å². The molecule has 0 unspecified atom stereocenters. The van der Waals surface area contributed by atoms with Crippen LogP contribution in [-0.4, -0.2) is 6.54 Å². The van der Waals surface area contributed by atoms with E-state index in [1.807, 2.05) is 11.3 Å². The fraction of sp³-hybridized carbons (Fsp3) is 0.0909. The maximum Gasteiger partial charge on any atom is 0.0415 e. The van der Waals surface area contributed by atoms with E-state index in [1.165, 1.54) is 31.4 Å². The summed E-state index contributed by atoms with van der Waals surface area (Å²) in [5, 5.41) is 2.62. The van der Waals surface area contributed by atoms with E-state index < -0.39 is 0 Å². The first kappa shape index (κ1) is 22.9. The Kier molecular flexibility index (Phi) is 6.92. The number of para-hydroxylation sites is 1. The highest BCUT2D eigenvalue weighted by Gasteiger charge is 2.11. The maximum atomic E-state index is 4.45. The molecular formula is C33H29NS. The Balaban J connectivity index is 1.42. The summed E-state index contributed by atoms with van der Waals surface area (Å²) in [4.78, 5) is 2.33. The van der Waals surface area contributed by atoms with E-state index in [2.05, 4.69) is 140 Å². The first-order chi connectivity index (χ1) is 17.2. The average Bonchev–Trinajstić information content (AvgIpc) is 3.29. The fourth-order valence-corrected chi connectivity index (χ4v) is 5.44. The van der Waals surface area contributed by atoms with Crippen molar-refractivity contribution in [1.29, 1.82) is 0 Å². The second kappa shape index (κ2) is 10.6. The molecule has 0 aliphatic heterocycles. The largest absolute Gasteiger partial charge is 0.338 e. The second-order valence-electron chi connectivity index (χ2n) is 8.55. The zero-order valence-corrected chi connectivity index (χ0v) is 20.8.